The number of nitrogens with one attached hydrogen (secondary N) is 1. The second-order valence-corrected chi connectivity index (χ2v) is 13.0. The molecule has 0 radical (unpaired) electrons. The molecule has 7 nitrogen and oxygen atoms in total. The summed E-state index contributed by atoms with van der Waals surface area (Å²) in [7, 11) is -4.12. The minimum Gasteiger partial charge on any atom is -0.354 e. The summed E-state index contributed by atoms with van der Waals surface area (Å²) in [4.78, 5) is 29.0. The number of hydrogen-bond donors (Lipinski definition) is 1. The van der Waals surface area contributed by atoms with Gasteiger partial charge in [-0.25, -0.2) is 8.42 Å². The lowest BCUT2D eigenvalue weighted by Crippen LogP contribution is -2.52. The van der Waals surface area contributed by atoms with E-state index in [0.717, 1.165) is 28.3 Å². The number of rotatable bonds is 14. The van der Waals surface area contributed by atoms with Gasteiger partial charge < -0.3 is 10.2 Å². The second-order valence-electron chi connectivity index (χ2n) is 10.8. The molecule has 1 N–H and O–H groups in total. The predicted octanol–water partition coefficient (Wildman–Crippen LogP) is 6.69. The first kappa shape index (κ1) is 33.1. The molecule has 9 heteroatoms. The first-order chi connectivity index (χ1) is 20.0. The maximum atomic E-state index is 14.2. The molecule has 0 aliphatic carbocycles. The van der Waals surface area contributed by atoms with E-state index in [1.807, 2.05) is 39.0 Å². The van der Waals surface area contributed by atoms with Crippen LogP contribution in [0.15, 0.2) is 77.7 Å². The summed E-state index contributed by atoms with van der Waals surface area (Å²) in [5, 5.41) is 3.40. The topological polar surface area (TPSA) is 86.8 Å². The Morgan fingerprint density at radius 3 is 2.14 bits per heavy atom. The zero-order valence-corrected chi connectivity index (χ0v) is 26.7. The maximum Gasteiger partial charge on any atom is 0.264 e. The molecule has 0 bridgehead atoms. The van der Waals surface area contributed by atoms with Crippen molar-refractivity contribution in [2.45, 2.75) is 77.3 Å². The molecule has 0 saturated heterocycles. The molecule has 0 spiro atoms. The van der Waals surface area contributed by atoms with Crippen molar-refractivity contribution in [2.24, 2.45) is 0 Å². The lowest BCUT2D eigenvalue weighted by atomic mass is 10.0. The first-order valence-corrected chi connectivity index (χ1v) is 16.3. The molecule has 2 amide bonds. The summed E-state index contributed by atoms with van der Waals surface area (Å²) in [5.74, 6) is -0.526. The van der Waals surface area contributed by atoms with Gasteiger partial charge in [-0.1, -0.05) is 93.7 Å². The van der Waals surface area contributed by atoms with E-state index in [1.165, 1.54) is 4.90 Å². The van der Waals surface area contributed by atoms with Crippen LogP contribution < -0.4 is 9.62 Å². The Balaban J connectivity index is 2.06. The zero-order valence-electron chi connectivity index (χ0n) is 25.1. The van der Waals surface area contributed by atoms with E-state index < -0.39 is 28.5 Å². The number of carbonyl (C=O) groups is 2. The van der Waals surface area contributed by atoms with E-state index in [4.69, 9.17) is 11.6 Å². The fourth-order valence-electron chi connectivity index (χ4n) is 4.63. The molecular weight excluding hydrogens is 570 g/mol. The van der Waals surface area contributed by atoms with Crippen molar-refractivity contribution >= 4 is 39.1 Å². The average molecular weight is 612 g/mol. The Morgan fingerprint density at radius 2 is 1.57 bits per heavy atom. The van der Waals surface area contributed by atoms with E-state index in [0.29, 0.717) is 29.2 Å². The van der Waals surface area contributed by atoms with Crippen molar-refractivity contribution in [3.05, 3.63) is 94.5 Å². The summed E-state index contributed by atoms with van der Waals surface area (Å²) in [6.07, 6.45) is 2.08. The number of halogens is 1. The van der Waals surface area contributed by atoms with Gasteiger partial charge in [-0.05, 0) is 67.1 Å². The molecule has 1 atom stereocenters. The number of hydrogen-bond acceptors (Lipinski definition) is 4. The van der Waals surface area contributed by atoms with Gasteiger partial charge in [0.05, 0.1) is 10.6 Å². The van der Waals surface area contributed by atoms with Crippen LogP contribution in [0.25, 0.3) is 0 Å². The van der Waals surface area contributed by atoms with Crippen molar-refractivity contribution < 1.29 is 18.0 Å². The molecule has 0 aliphatic heterocycles. The minimum absolute atomic E-state index is 0.0585. The van der Waals surface area contributed by atoms with Crippen LogP contribution in [0.1, 0.15) is 69.6 Å². The average Bonchev–Trinajstić information content (AvgIpc) is 2.97. The summed E-state index contributed by atoms with van der Waals surface area (Å²) < 4.78 is 29.2. The molecule has 0 fully saturated rings. The van der Waals surface area contributed by atoms with Crippen LogP contribution in [0.4, 0.5) is 5.69 Å². The van der Waals surface area contributed by atoms with Crippen LogP contribution in [0.5, 0.6) is 0 Å². The van der Waals surface area contributed by atoms with Gasteiger partial charge >= 0.3 is 0 Å². The number of anilines is 1. The Labute approximate surface area is 255 Å². The Bertz CT molecular complexity index is 1440. The molecule has 42 heavy (non-hydrogen) atoms. The smallest absolute Gasteiger partial charge is 0.264 e. The van der Waals surface area contributed by atoms with Crippen molar-refractivity contribution in [1.82, 2.24) is 10.2 Å². The molecule has 0 aliphatic rings. The molecule has 0 aromatic heterocycles. The molecule has 3 aromatic carbocycles. The van der Waals surface area contributed by atoms with Crippen LogP contribution in [0.2, 0.25) is 5.02 Å². The number of unbranched alkanes of at least 4 members (excludes halogenated alkanes) is 1. The summed E-state index contributed by atoms with van der Waals surface area (Å²) in [6.45, 7) is 9.94. The van der Waals surface area contributed by atoms with Gasteiger partial charge in [0, 0.05) is 18.1 Å². The van der Waals surface area contributed by atoms with Crippen LogP contribution in [0.3, 0.4) is 0 Å². The third-order valence-electron chi connectivity index (χ3n) is 7.25. The lowest BCUT2D eigenvalue weighted by Gasteiger charge is -2.33. The predicted molar refractivity (Wildman–Crippen MR) is 170 cm³/mol. The monoisotopic (exact) mass is 611 g/mol. The third kappa shape index (κ3) is 8.35. The Morgan fingerprint density at radius 1 is 0.929 bits per heavy atom. The van der Waals surface area contributed by atoms with Crippen molar-refractivity contribution in [3.8, 4) is 0 Å². The number of benzene rings is 3. The zero-order chi connectivity index (χ0) is 30.9. The highest BCUT2D eigenvalue weighted by atomic mass is 35.5. The normalized spacial score (nSPS) is 12.2. The van der Waals surface area contributed by atoms with Crippen molar-refractivity contribution in [3.63, 3.8) is 0 Å². The van der Waals surface area contributed by atoms with E-state index in [9.17, 15) is 18.0 Å². The van der Waals surface area contributed by atoms with Gasteiger partial charge in [0.25, 0.3) is 10.0 Å². The second kappa shape index (κ2) is 15.2. The van der Waals surface area contributed by atoms with E-state index in [1.54, 1.807) is 54.6 Å². The first-order valence-electron chi connectivity index (χ1n) is 14.5. The summed E-state index contributed by atoms with van der Waals surface area (Å²) in [6, 6.07) is 20.1. The highest BCUT2D eigenvalue weighted by Crippen LogP contribution is 2.27. The van der Waals surface area contributed by atoms with Gasteiger partial charge in [-0.15, -0.1) is 0 Å². The van der Waals surface area contributed by atoms with Gasteiger partial charge in [-0.3, -0.25) is 13.9 Å². The van der Waals surface area contributed by atoms with Gasteiger partial charge in [0.2, 0.25) is 11.8 Å². The standard InChI is InChI=1S/C33H42ClN3O4S/c1-6-8-21-35-33(39)31(7-2)36(22-27-11-9-10-12-30(27)34)32(38)23-37(28-17-15-26(16-18-28)24(3)4)42(40,41)29-19-13-25(5)14-20-29/h9-20,24,31H,6-8,21-23H2,1-5H3,(H,35,39). The third-order valence-corrected chi connectivity index (χ3v) is 9.41. The number of carbonyl (C=O) groups excluding carboxylic acids is 2. The van der Waals surface area contributed by atoms with Gasteiger partial charge in [0.1, 0.15) is 12.6 Å². The number of nitrogens with zero attached hydrogens (tertiary/aromatic N) is 2. The minimum atomic E-state index is -4.12. The van der Waals surface area contributed by atoms with Crippen molar-refractivity contribution in [2.75, 3.05) is 17.4 Å². The number of sulfonamides is 1. The fourth-order valence-corrected chi connectivity index (χ4v) is 6.24. The van der Waals surface area contributed by atoms with Crippen LogP contribution in [-0.2, 0) is 26.2 Å². The Kier molecular flexibility index (Phi) is 12.0. The number of amides is 2. The van der Waals surface area contributed by atoms with E-state index in [-0.39, 0.29) is 23.3 Å². The van der Waals surface area contributed by atoms with Crippen LogP contribution >= 0.6 is 11.6 Å². The van der Waals surface area contributed by atoms with Gasteiger partial charge in [0.15, 0.2) is 0 Å². The molecule has 0 saturated carbocycles. The van der Waals surface area contributed by atoms with Crippen molar-refractivity contribution in [1.29, 1.82) is 0 Å². The molecule has 3 aromatic rings. The molecule has 226 valence electrons. The van der Waals surface area contributed by atoms with Crippen LogP contribution in [-0.4, -0.2) is 44.3 Å². The highest BCUT2D eigenvalue weighted by Gasteiger charge is 2.34. The quantitative estimate of drug-likeness (QED) is 0.206. The maximum absolute atomic E-state index is 14.2. The number of aryl methyl sites for hydroxylation is 1. The van der Waals surface area contributed by atoms with E-state index >= 15 is 0 Å². The highest BCUT2D eigenvalue weighted by molar-refractivity contribution is 7.92. The molecular formula is C33H42ClN3O4S. The summed E-state index contributed by atoms with van der Waals surface area (Å²) >= 11 is 6.47. The van der Waals surface area contributed by atoms with Crippen LogP contribution in [0, 0.1) is 6.92 Å². The summed E-state index contributed by atoms with van der Waals surface area (Å²) in [5.41, 5.74) is 3.00. The van der Waals surface area contributed by atoms with E-state index in [2.05, 4.69) is 19.2 Å². The SMILES string of the molecule is CCCCNC(=O)C(CC)N(Cc1ccccc1Cl)C(=O)CN(c1ccc(C(C)C)cc1)S(=O)(=O)c1ccc(C)cc1. The Hall–Kier alpha value is -3.36. The molecule has 3 rings (SSSR count). The fraction of sp³-hybridized carbons (Fsp3) is 0.394. The van der Waals surface area contributed by atoms with Gasteiger partial charge in [-0.2, -0.15) is 0 Å². The molecule has 0 heterocycles. The molecule has 1 unspecified atom stereocenters. The lowest BCUT2D eigenvalue weighted by molar-refractivity contribution is -0.140. The largest absolute Gasteiger partial charge is 0.354 e.